The predicted molar refractivity (Wildman–Crippen MR) is 147 cm³/mol. The number of hydrogen-bond donors (Lipinski definition) is 1. The van der Waals surface area contributed by atoms with E-state index in [0.717, 1.165) is 16.7 Å². The van der Waals surface area contributed by atoms with Crippen LogP contribution in [0.2, 0.25) is 10.0 Å². The molecule has 3 aromatic rings. The van der Waals surface area contributed by atoms with Crippen LogP contribution >= 0.6 is 23.2 Å². The van der Waals surface area contributed by atoms with Crippen LogP contribution in [0.25, 0.3) is 0 Å². The van der Waals surface area contributed by atoms with Crippen LogP contribution in [-0.4, -0.2) is 17.7 Å². The number of ether oxygens (including phenoxy) is 2. The number of allylic oxidation sites excluding steroid dienone is 1. The minimum atomic E-state index is -0.597. The summed E-state index contributed by atoms with van der Waals surface area (Å²) in [4.78, 5) is 12.8. The molecule has 3 aromatic carbocycles. The van der Waals surface area contributed by atoms with Crippen molar-refractivity contribution in [3.63, 3.8) is 0 Å². The van der Waals surface area contributed by atoms with E-state index in [1.807, 2.05) is 75.4 Å². The first-order valence-corrected chi connectivity index (χ1v) is 12.6. The first-order valence-electron chi connectivity index (χ1n) is 11.9. The van der Waals surface area contributed by atoms with E-state index in [2.05, 4.69) is 36.0 Å². The van der Waals surface area contributed by atoms with E-state index in [-0.39, 0.29) is 12.0 Å². The summed E-state index contributed by atoms with van der Waals surface area (Å²) >= 11 is 12.1. The van der Waals surface area contributed by atoms with Crippen LogP contribution in [0, 0.1) is 6.42 Å². The zero-order valence-electron chi connectivity index (χ0n) is 20.8. The van der Waals surface area contributed by atoms with Gasteiger partial charge in [-0.05, 0) is 74.6 Å². The highest BCUT2D eigenvalue weighted by atomic mass is 35.5. The van der Waals surface area contributed by atoms with Crippen LogP contribution in [0.5, 0.6) is 0 Å². The number of halogens is 2. The van der Waals surface area contributed by atoms with Gasteiger partial charge in [0.25, 0.3) is 0 Å². The normalized spacial score (nSPS) is 12.5. The minimum absolute atomic E-state index is 0.0946. The average Bonchev–Trinajstić information content (AvgIpc) is 2.81. The van der Waals surface area contributed by atoms with Crippen LogP contribution in [-0.2, 0) is 16.1 Å². The average molecular weight is 525 g/mol. The molecule has 1 amide bonds. The van der Waals surface area contributed by atoms with Crippen molar-refractivity contribution < 1.29 is 14.3 Å². The second-order valence-corrected chi connectivity index (χ2v) is 10.3. The number of carbonyl (C=O) groups is 1. The number of carbonyl (C=O) groups excluding carboxylic acids is 1. The van der Waals surface area contributed by atoms with Crippen molar-refractivity contribution >= 4 is 29.3 Å². The lowest BCUT2D eigenvalue weighted by Gasteiger charge is -2.30. The Morgan fingerprint density at radius 2 is 1.47 bits per heavy atom. The molecule has 1 radical (unpaired) electrons. The van der Waals surface area contributed by atoms with Crippen molar-refractivity contribution in [3.05, 3.63) is 124 Å². The molecule has 0 aliphatic carbocycles. The molecule has 0 aromatic heterocycles. The smallest absolute Gasteiger partial charge is 0.407 e. The maximum absolute atomic E-state index is 12.8. The third kappa shape index (κ3) is 9.25. The van der Waals surface area contributed by atoms with E-state index in [9.17, 15) is 4.79 Å². The number of rotatable bonds is 10. The summed E-state index contributed by atoms with van der Waals surface area (Å²) in [6, 6.07) is 25.3. The lowest BCUT2D eigenvalue weighted by Crippen LogP contribution is -2.42. The second-order valence-electron chi connectivity index (χ2n) is 9.40. The molecule has 0 spiro atoms. The molecule has 3 rings (SSSR count). The molecule has 0 fully saturated rings. The van der Waals surface area contributed by atoms with Gasteiger partial charge in [0.2, 0.25) is 0 Å². The Hall–Kier alpha value is -2.95. The van der Waals surface area contributed by atoms with E-state index < -0.39 is 11.7 Å². The molecule has 189 valence electrons. The standard InChI is InChI=1S/C30H32Cl2NO3/c1-30(2,3)36-29(34)33-27(16-10-11-17-35-21-22-18-25(31)20-26(32)19-22)28(23-12-6-4-7-13-23)24-14-8-5-9-15-24/h4-9,11-20,27-28H,10,21H2,1-3H3,(H,33,34). The highest BCUT2D eigenvalue weighted by molar-refractivity contribution is 6.34. The summed E-state index contributed by atoms with van der Waals surface area (Å²) in [7, 11) is 0. The monoisotopic (exact) mass is 524 g/mol. The van der Waals surface area contributed by atoms with E-state index in [1.165, 1.54) is 0 Å². The summed E-state index contributed by atoms with van der Waals surface area (Å²) in [6.07, 6.45) is 5.73. The Bertz CT molecular complexity index is 1070. The Balaban J connectivity index is 1.73. The van der Waals surface area contributed by atoms with Gasteiger partial charge in [0, 0.05) is 22.0 Å². The summed E-state index contributed by atoms with van der Waals surface area (Å²) in [5, 5.41) is 4.22. The zero-order chi connectivity index (χ0) is 26.0. The lowest BCUT2D eigenvalue weighted by molar-refractivity contribution is 0.0507. The van der Waals surface area contributed by atoms with Gasteiger partial charge in [-0.2, -0.15) is 0 Å². The Morgan fingerprint density at radius 3 is 2.00 bits per heavy atom. The van der Waals surface area contributed by atoms with E-state index in [0.29, 0.717) is 23.1 Å². The highest BCUT2D eigenvalue weighted by Crippen LogP contribution is 2.30. The molecule has 1 N–H and O–H groups in total. The van der Waals surface area contributed by atoms with Gasteiger partial charge in [0.1, 0.15) is 12.2 Å². The quantitative estimate of drug-likeness (QED) is 0.271. The SMILES string of the molecule is CC(C)(C)OC(=O)NC([CH]CC=COCc1cc(Cl)cc(Cl)c1)C(c1ccccc1)c1ccccc1. The minimum Gasteiger partial charge on any atom is -0.497 e. The third-order valence-electron chi connectivity index (χ3n) is 5.25. The fourth-order valence-electron chi connectivity index (χ4n) is 3.84. The fraction of sp³-hybridized carbons (Fsp3) is 0.267. The number of nitrogens with one attached hydrogen (secondary N) is 1. The molecular formula is C30H32Cl2NO3. The van der Waals surface area contributed by atoms with Crippen molar-refractivity contribution in [1.29, 1.82) is 0 Å². The largest absolute Gasteiger partial charge is 0.497 e. The van der Waals surface area contributed by atoms with E-state index >= 15 is 0 Å². The summed E-state index contributed by atoms with van der Waals surface area (Å²) in [6.45, 7) is 5.91. The molecule has 36 heavy (non-hydrogen) atoms. The summed E-state index contributed by atoms with van der Waals surface area (Å²) < 4.78 is 11.2. The van der Waals surface area contributed by atoms with Crippen molar-refractivity contribution in [2.45, 2.75) is 51.4 Å². The molecule has 6 heteroatoms. The number of amides is 1. The van der Waals surface area contributed by atoms with Gasteiger partial charge < -0.3 is 14.8 Å². The Morgan fingerprint density at radius 1 is 0.917 bits per heavy atom. The Labute approximate surface area is 224 Å². The van der Waals surface area contributed by atoms with Crippen LogP contribution in [0.1, 0.15) is 49.8 Å². The van der Waals surface area contributed by atoms with Gasteiger partial charge in [0.15, 0.2) is 0 Å². The molecule has 0 bridgehead atoms. The fourth-order valence-corrected chi connectivity index (χ4v) is 4.41. The molecule has 0 saturated carbocycles. The molecule has 0 saturated heterocycles. The van der Waals surface area contributed by atoms with Gasteiger partial charge >= 0.3 is 6.09 Å². The molecule has 0 heterocycles. The maximum Gasteiger partial charge on any atom is 0.407 e. The second kappa shape index (κ2) is 13.4. The molecule has 0 aliphatic rings. The van der Waals surface area contributed by atoms with Crippen molar-refractivity contribution in [2.75, 3.05) is 0 Å². The van der Waals surface area contributed by atoms with E-state index in [4.69, 9.17) is 32.7 Å². The summed E-state index contributed by atoms with van der Waals surface area (Å²) in [5.74, 6) is -0.0946. The number of alkyl carbamates (subject to hydrolysis) is 1. The van der Waals surface area contributed by atoms with Gasteiger partial charge in [-0.25, -0.2) is 4.79 Å². The topological polar surface area (TPSA) is 47.6 Å². The lowest BCUT2D eigenvalue weighted by atomic mass is 9.83. The predicted octanol–water partition coefficient (Wildman–Crippen LogP) is 8.34. The van der Waals surface area contributed by atoms with Gasteiger partial charge in [-0.3, -0.25) is 0 Å². The molecular weight excluding hydrogens is 493 g/mol. The molecule has 0 aliphatic heterocycles. The molecule has 1 atom stereocenters. The highest BCUT2D eigenvalue weighted by Gasteiger charge is 2.28. The van der Waals surface area contributed by atoms with Crippen molar-refractivity contribution in [3.8, 4) is 0 Å². The van der Waals surface area contributed by atoms with Gasteiger partial charge in [-0.15, -0.1) is 0 Å². The third-order valence-corrected chi connectivity index (χ3v) is 5.69. The first kappa shape index (κ1) is 27.6. The van der Waals surface area contributed by atoms with Crippen LogP contribution in [0.15, 0.2) is 91.2 Å². The number of benzene rings is 3. The Kier molecular flexibility index (Phi) is 10.3. The number of hydrogen-bond acceptors (Lipinski definition) is 3. The van der Waals surface area contributed by atoms with Crippen LogP contribution < -0.4 is 5.32 Å². The molecule has 1 unspecified atom stereocenters. The maximum atomic E-state index is 12.8. The van der Waals surface area contributed by atoms with Crippen molar-refractivity contribution in [2.24, 2.45) is 0 Å². The van der Waals surface area contributed by atoms with E-state index in [1.54, 1.807) is 12.3 Å². The van der Waals surface area contributed by atoms with Crippen LogP contribution in [0.3, 0.4) is 0 Å². The zero-order valence-corrected chi connectivity index (χ0v) is 22.3. The molecule has 4 nitrogen and oxygen atoms in total. The van der Waals surface area contributed by atoms with Gasteiger partial charge in [0.05, 0.1) is 6.26 Å². The van der Waals surface area contributed by atoms with Crippen molar-refractivity contribution in [1.82, 2.24) is 5.32 Å². The van der Waals surface area contributed by atoms with Crippen LogP contribution in [0.4, 0.5) is 4.79 Å². The summed E-state index contributed by atoms with van der Waals surface area (Å²) in [5.41, 5.74) is 2.48. The van der Waals surface area contributed by atoms with Gasteiger partial charge in [-0.1, -0.05) is 83.9 Å². The first-order chi connectivity index (χ1) is 17.2.